The van der Waals surface area contributed by atoms with E-state index < -0.39 is 0 Å². The van der Waals surface area contributed by atoms with E-state index in [-0.39, 0.29) is 5.91 Å². The standard InChI is InChI=1S/C19H18N6O2/c1-12-21-22-23-25(12)15-6-4-5-14(11-15)20-19(26)18-10-13-9-16(27-3)7-8-17(13)24(18)2/h4-11H,1-3H3,(H,20,26). The minimum atomic E-state index is -0.196. The summed E-state index contributed by atoms with van der Waals surface area (Å²) < 4.78 is 8.73. The van der Waals surface area contributed by atoms with Gasteiger partial charge in [0.2, 0.25) is 0 Å². The van der Waals surface area contributed by atoms with Gasteiger partial charge in [0.25, 0.3) is 5.91 Å². The molecule has 1 N–H and O–H groups in total. The lowest BCUT2D eigenvalue weighted by molar-refractivity contribution is 0.102. The van der Waals surface area contributed by atoms with Crippen molar-refractivity contribution in [2.24, 2.45) is 7.05 Å². The second-order valence-corrected chi connectivity index (χ2v) is 6.16. The first-order valence-corrected chi connectivity index (χ1v) is 8.37. The van der Waals surface area contributed by atoms with E-state index in [4.69, 9.17) is 4.74 Å². The van der Waals surface area contributed by atoms with Crippen LogP contribution in [0.15, 0.2) is 48.5 Å². The second-order valence-electron chi connectivity index (χ2n) is 6.16. The summed E-state index contributed by atoms with van der Waals surface area (Å²) in [6.45, 7) is 1.81. The maximum atomic E-state index is 12.8. The number of nitrogens with one attached hydrogen (secondary N) is 1. The number of aryl methyl sites for hydroxylation is 2. The fourth-order valence-corrected chi connectivity index (χ4v) is 3.05. The lowest BCUT2D eigenvalue weighted by atomic mass is 10.2. The van der Waals surface area contributed by atoms with Crippen molar-refractivity contribution in [3.63, 3.8) is 0 Å². The van der Waals surface area contributed by atoms with Crippen LogP contribution in [0.1, 0.15) is 16.3 Å². The summed E-state index contributed by atoms with van der Waals surface area (Å²) in [5.41, 5.74) is 2.95. The predicted octanol–water partition coefficient (Wildman–Crippen LogP) is 2.72. The summed E-state index contributed by atoms with van der Waals surface area (Å²) in [4.78, 5) is 12.8. The molecule has 0 radical (unpaired) electrons. The number of carbonyl (C=O) groups excluding carboxylic acids is 1. The van der Waals surface area contributed by atoms with Crippen LogP contribution in [0.4, 0.5) is 5.69 Å². The largest absolute Gasteiger partial charge is 0.497 e. The summed E-state index contributed by atoms with van der Waals surface area (Å²) in [7, 11) is 3.49. The SMILES string of the molecule is COc1ccc2c(c1)cc(C(=O)Nc1cccc(-n3nnnc3C)c1)n2C. The van der Waals surface area contributed by atoms with E-state index >= 15 is 0 Å². The van der Waals surface area contributed by atoms with Crippen LogP contribution in [0, 0.1) is 6.92 Å². The molecule has 27 heavy (non-hydrogen) atoms. The third kappa shape index (κ3) is 3.01. The zero-order valence-corrected chi connectivity index (χ0v) is 15.2. The number of carbonyl (C=O) groups is 1. The molecule has 0 fully saturated rings. The van der Waals surface area contributed by atoms with E-state index in [1.54, 1.807) is 11.8 Å². The van der Waals surface area contributed by atoms with Crippen LogP contribution >= 0.6 is 0 Å². The molecule has 0 saturated heterocycles. The Morgan fingerprint density at radius 2 is 2.00 bits per heavy atom. The highest BCUT2D eigenvalue weighted by Gasteiger charge is 2.14. The van der Waals surface area contributed by atoms with Gasteiger partial charge in [-0.15, -0.1) is 5.10 Å². The third-order valence-electron chi connectivity index (χ3n) is 4.46. The number of anilines is 1. The monoisotopic (exact) mass is 362 g/mol. The lowest BCUT2D eigenvalue weighted by Gasteiger charge is -2.08. The smallest absolute Gasteiger partial charge is 0.272 e. The quantitative estimate of drug-likeness (QED) is 0.603. The highest BCUT2D eigenvalue weighted by Crippen LogP contribution is 2.24. The molecule has 0 saturated carbocycles. The minimum absolute atomic E-state index is 0.196. The molecule has 136 valence electrons. The van der Waals surface area contributed by atoms with E-state index in [1.165, 1.54) is 0 Å². The van der Waals surface area contributed by atoms with Crippen molar-refractivity contribution in [3.8, 4) is 11.4 Å². The molecule has 0 unspecified atom stereocenters. The fraction of sp³-hybridized carbons (Fsp3) is 0.158. The molecule has 4 rings (SSSR count). The van der Waals surface area contributed by atoms with Crippen molar-refractivity contribution in [1.29, 1.82) is 0 Å². The predicted molar refractivity (Wildman–Crippen MR) is 101 cm³/mol. The minimum Gasteiger partial charge on any atom is -0.497 e. The zero-order chi connectivity index (χ0) is 19.0. The Kier molecular flexibility index (Phi) is 4.08. The maximum Gasteiger partial charge on any atom is 0.272 e. The lowest BCUT2D eigenvalue weighted by Crippen LogP contribution is -2.15. The number of aromatic nitrogens is 5. The average molecular weight is 362 g/mol. The van der Waals surface area contributed by atoms with Crippen LogP contribution in [0.5, 0.6) is 5.75 Å². The van der Waals surface area contributed by atoms with Crippen LogP contribution in [0.25, 0.3) is 16.6 Å². The Bertz CT molecular complexity index is 1140. The molecule has 0 aliphatic carbocycles. The van der Waals surface area contributed by atoms with Gasteiger partial charge in [0, 0.05) is 23.6 Å². The third-order valence-corrected chi connectivity index (χ3v) is 4.46. The molecule has 2 aromatic carbocycles. The number of methoxy groups -OCH3 is 1. The number of benzene rings is 2. The Labute approximate surface area is 155 Å². The van der Waals surface area contributed by atoms with Crippen LogP contribution in [0.2, 0.25) is 0 Å². The van der Waals surface area contributed by atoms with E-state index in [9.17, 15) is 4.79 Å². The van der Waals surface area contributed by atoms with E-state index in [2.05, 4.69) is 20.8 Å². The average Bonchev–Trinajstić information content (AvgIpc) is 3.25. The van der Waals surface area contributed by atoms with Crippen molar-refractivity contribution in [3.05, 3.63) is 60.0 Å². The number of nitrogens with zero attached hydrogens (tertiary/aromatic N) is 5. The molecule has 0 spiro atoms. The van der Waals surface area contributed by atoms with Crippen molar-refractivity contribution in [2.75, 3.05) is 12.4 Å². The molecule has 8 nitrogen and oxygen atoms in total. The van der Waals surface area contributed by atoms with Gasteiger partial charge in [0.15, 0.2) is 5.82 Å². The molecule has 0 aliphatic heterocycles. The molecule has 4 aromatic rings. The normalized spacial score (nSPS) is 10.9. The molecule has 0 bridgehead atoms. The van der Waals surface area contributed by atoms with Crippen molar-refractivity contribution >= 4 is 22.5 Å². The van der Waals surface area contributed by atoms with Gasteiger partial charge in [-0.1, -0.05) is 6.07 Å². The highest BCUT2D eigenvalue weighted by molar-refractivity contribution is 6.06. The number of tetrazole rings is 1. The van der Waals surface area contributed by atoms with E-state index in [0.29, 0.717) is 17.2 Å². The van der Waals surface area contributed by atoms with Crippen molar-refractivity contribution < 1.29 is 9.53 Å². The number of hydrogen-bond acceptors (Lipinski definition) is 5. The molecule has 0 aliphatic rings. The van der Waals surface area contributed by atoms with Crippen molar-refractivity contribution in [2.45, 2.75) is 6.92 Å². The summed E-state index contributed by atoms with van der Waals surface area (Å²) in [5, 5.41) is 15.4. The molecule has 2 aromatic heterocycles. The zero-order valence-electron chi connectivity index (χ0n) is 15.2. The van der Waals surface area contributed by atoms with Gasteiger partial charge in [-0.3, -0.25) is 4.79 Å². The molecular formula is C19H18N6O2. The van der Waals surface area contributed by atoms with Gasteiger partial charge in [0.05, 0.1) is 12.8 Å². The Morgan fingerprint density at radius 3 is 2.74 bits per heavy atom. The number of fused-ring (bicyclic) bond motifs is 1. The van der Waals surface area contributed by atoms with Gasteiger partial charge in [0.1, 0.15) is 11.4 Å². The van der Waals surface area contributed by atoms with Gasteiger partial charge in [-0.25, -0.2) is 0 Å². The van der Waals surface area contributed by atoms with Crippen molar-refractivity contribution in [1.82, 2.24) is 24.8 Å². The van der Waals surface area contributed by atoms with Crippen LogP contribution in [0.3, 0.4) is 0 Å². The topological polar surface area (TPSA) is 86.9 Å². The first-order chi connectivity index (χ1) is 13.1. The van der Waals surface area contributed by atoms with Gasteiger partial charge < -0.3 is 14.6 Å². The summed E-state index contributed by atoms with van der Waals surface area (Å²) in [6, 6.07) is 14.9. The number of hydrogen-bond donors (Lipinski definition) is 1. The summed E-state index contributed by atoms with van der Waals surface area (Å²) in [5.74, 6) is 1.23. The summed E-state index contributed by atoms with van der Waals surface area (Å²) >= 11 is 0. The first kappa shape index (κ1) is 16.8. The van der Waals surface area contributed by atoms with Crippen LogP contribution in [-0.2, 0) is 7.05 Å². The highest BCUT2D eigenvalue weighted by atomic mass is 16.5. The number of ether oxygens (including phenoxy) is 1. The molecule has 1 amide bonds. The number of rotatable bonds is 4. The van der Waals surface area contributed by atoms with E-state index in [0.717, 1.165) is 22.3 Å². The van der Waals surface area contributed by atoms with Gasteiger partial charge >= 0.3 is 0 Å². The van der Waals surface area contributed by atoms with Gasteiger partial charge in [-0.2, -0.15) is 4.68 Å². The molecular weight excluding hydrogens is 344 g/mol. The fourth-order valence-electron chi connectivity index (χ4n) is 3.05. The van der Waals surface area contributed by atoms with E-state index in [1.807, 2.05) is 67.1 Å². The Balaban J connectivity index is 1.64. The van der Waals surface area contributed by atoms with Crippen LogP contribution < -0.4 is 10.1 Å². The molecule has 2 heterocycles. The Hall–Kier alpha value is -3.68. The van der Waals surface area contributed by atoms with Crippen LogP contribution in [-0.4, -0.2) is 37.8 Å². The molecule has 0 atom stereocenters. The second kappa shape index (κ2) is 6.56. The first-order valence-electron chi connectivity index (χ1n) is 8.37. The summed E-state index contributed by atoms with van der Waals surface area (Å²) in [6.07, 6.45) is 0. The number of amides is 1. The van der Waals surface area contributed by atoms with Gasteiger partial charge in [-0.05, 0) is 59.8 Å². The Morgan fingerprint density at radius 1 is 1.15 bits per heavy atom. The maximum absolute atomic E-state index is 12.8. The molecule has 8 heteroatoms.